The van der Waals surface area contributed by atoms with E-state index in [1.165, 1.54) is 0 Å². The van der Waals surface area contributed by atoms with Gasteiger partial charge in [-0.15, -0.1) is 0 Å². The van der Waals surface area contributed by atoms with Crippen molar-refractivity contribution in [3.05, 3.63) is 0 Å². The summed E-state index contributed by atoms with van der Waals surface area (Å²) in [6.45, 7) is 4.48. The zero-order valence-electron chi connectivity index (χ0n) is 11.8. The molecule has 0 bridgehead atoms. The number of hydrogen-bond acceptors (Lipinski definition) is 4. The van der Waals surface area contributed by atoms with E-state index in [4.69, 9.17) is 14.6 Å². The maximum absolute atomic E-state index is 11.9. The van der Waals surface area contributed by atoms with E-state index in [1.807, 2.05) is 6.92 Å². The lowest BCUT2D eigenvalue weighted by atomic mass is 9.97. The van der Waals surface area contributed by atoms with E-state index in [9.17, 15) is 9.59 Å². The SMILES string of the molecule is CC1(OCC(=O)O)CN(C(=O)NCC2CCCOC2)C1. The molecule has 2 saturated heterocycles. The molecule has 2 aliphatic rings. The summed E-state index contributed by atoms with van der Waals surface area (Å²) in [4.78, 5) is 24.0. The summed E-state index contributed by atoms with van der Waals surface area (Å²) >= 11 is 0. The van der Waals surface area contributed by atoms with E-state index in [0.29, 0.717) is 32.2 Å². The highest BCUT2D eigenvalue weighted by atomic mass is 16.5. The fourth-order valence-corrected chi connectivity index (χ4v) is 2.54. The highest BCUT2D eigenvalue weighted by Gasteiger charge is 2.42. The van der Waals surface area contributed by atoms with Gasteiger partial charge in [0, 0.05) is 13.2 Å². The predicted molar refractivity (Wildman–Crippen MR) is 70.5 cm³/mol. The summed E-state index contributed by atoms with van der Waals surface area (Å²) in [5, 5.41) is 11.5. The molecule has 0 aromatic heterocycles. The molecule has 0 spiro atoms. The first-order chi connectivity index (χ1) is 9.48. The van der Waals surface area contributed by atoms with Crippen LogP contribution in [-0.2, 0) is 14.3 Å². The van der Waals surface area contributed by atoms with Crippen molar-refractivity contribution in [3.8, 4) is 0 Å². The summed E-state index contributed by atoms with van der Waals surface area (Å²) in [5.41, 5.74) is -0.538. The second-order valence-electron chi connectivity index (χ2n) is 5.76. The number of amides is 2. The van der Waals surface area contributed by atoms with Gasteiger partial charge in [0.2, 0.25) is 0 Å². The van der Waals surface area contributed by atoms with Crippen LogP contribution < -0.4 is 5.32 Å². The number of urea groups is 1. The van der Waals surface area contributed by atoms with Gasteiger partial charge in [0.25, 0.3) is 0 Å². The number of ether oxygens (including phenoxy) is 2. The van der Waals surface area contributed by atoms with Crippen LogP contribution in [0, 0.1) is 5.92 Å². The number of nitrogens with one attached hydrogen (secondary N) is 1. The zero-order valence-corrected chi connectivity index (χ0v) is 11.8. The minimum atomic E-state index is -0.994. The lowest BCUT2D eigenvalue weighted by Crippen LogP contribution is -2.65. The van der Waals surface area contributed by atoms with Gasteiger partial charge < -0.3 is 24.8 Å². The van der Waals surface area contributed by atoms with Gasteiger partial charge in [-0.3, -0.25) is 0 Å². The first kappa shape index (κ1) is 15.1. The summed E-state index contributed by atoms with van der Waals surface area (Å²) in [6.07, 6.45) is 2.13. The highest BCUT2D eigenvalue weighted by Crippen LogP contribution is 2.24. The Morgan fingerprint density at radius 1 is 1.50 bits per heavy atom. The van der Waals surface area contributed by atoms with E-state index in [1.54, 1.807) is 4.90 Å². The molecule has 0 aliphatic carbocycles. The Morgan fingerprint density at radius 3 is 2.85 bits per heavy atom. The summed E-state index contributed by atoms with van der Waals surface area (Å²) in [6, 6.07) is -0.119. The number of nitrogens with zero attached hydrogens (tertiary/aromatic N) is 1. The largest absolute Gasteiger partial charge is 0.480 e. The topological polar surface area (TPSA) is 88.1 Å². The van der Waals surface area contributed by atoms with Crippen molar-refractivity contribution in [3.63, 3.8) is 0 Å². The van der Waals surface area contributed by atoms with Crippen LogP contribution >= 0.6 is 0 Å². The van der Waals surface area contributed by atoms with Gasteiger partial charge in [0.15, 0.2) is 0 Å². The van der Waals surface area contributed by atoms with Crippen LogP contribution in [0.15, 0.2) is 0 Å². The summed E-state index contributed by atoms with van der Waals surface area (Å²) < 4.78 is 10.6. The standard InChI is InChI=1S/C13H22N2O5/c1-13(20-7-11(16)17)8-15(9-13)12(18)14-5-10-3-2-4-19-6-10/h10H,2-9H2,1H3,(H,14,18)(H,16,17). The number of likely N-dealkylation sites (tertiary alicyclic amines) is 1. The molecular formula is C13H22N2O5. The molecule has 2 fully saturated rings. The van der Waals surface area contributed by atoms with Crippen LogP contribution in [0.2, 0.25) is 0 Å². The van der Waals surface area contributed by atoms with Crippen molar-refractivity contribution in [1.29, 1.82) is 0 Å². The fraction of sp³-hybridized carbons (Fsp3) is 0.846. The number of carboxylic acids is 1. The Morgan fingerprint density at radius 2 is 2.25 bits per heavy atom. The van der Waals surface area contributed by atoms with Gasteiger partial charge in [-0.25, -0.2) is 9.59 Å². The zero-order chi connectivity index (χ0) is 14.6. The van der Waals surface area contributed by atoms with Crippen LogP contribution in [0.4, 0.5) is 4.79 Å². The molecule has 114 valence electrons. The molecule has 20 heavy (non-hydrogen) atoms. The smallest absolute Gasteiger partial charge is 0.329 e. The summed E-state index contributed by atoms with van der Waals surface area (Å²) in [5.74, 6) is -0.602. The van der Waals surface area contributed by atoms with Gasteiger partial charge in [-0.05, 0) is 25.7 Å². The van der Waals surface area contributed by atoms with Crippen molar-refractivity contribution in [2.75, 3.05) is 39.5 Å². The number of carboxylic acid groups (broad SMARTS) is 1. The number of aliphatic carboxylic acids is 1. The third-order valence-electron chi connectivity index (χ3n) is 3.68. The summed E-state index contributed by atoms with van der Waals surface area (Å²) in [7, 11) is 0. The minimum absolute atomic E-state index is 0.119. The van der Waals surface area contributed by atoms with Crippen molar-refractivity contribution in [2.45, 2.75) is 25.4 Å². The molecule has 2 rings (SSSR count). The van der Waals surface area contributed by atoms with E-state index in [0.717, 1.165) is 19.4 Å². The van der Waals surface area contributed by atoms with Crippen LogP contribution in [-0.4, -0.2) is 67.1 Å². The Labute approximate surface area is 118 Å². The van der Waals surface area contributed by atoms with E-state index in [-0.39, 0.29) is 12.6 Å². The second-order valence-corrected chi connectivity index (χ2v) is 5.76. The molecule has 2 amide bonds. The first-order valence-corrected chi connectivity index (χ1v) is 6.95. The van der Waals surface area contributed by atoms with Gasteiger partial charge in [-0.2, -0.15) is 0 Å². The quantitative estimate of drug-likeness (QED) is 0.759. The highest BCUT2D eigenvalue weighted by molar-refractivity contribution is 5.75. The normalized spacial score (nSPS) is 24.9. The number of rotatable bonds is 5. The van der Waals surface area contributed by atoms with E-state index >= 15 is 0 Å². The Bertz CT molecular complexity index is 362. The van der Waals surface area contributed by atoms with Gasteiger partial charge in [0.05, 0.1) is 19.7 Å². The maximum atomic E-state index is 11.9. The second kappa shape index (κ2) is 6.41. The lowest BCUT2D eigenvalue weighted by Gasteiger charge is -2.47. The van der Waals surface area contributed by atoms with Crippen molar-refractivity contribution < 1.29 is 24.2 Å². The van der Waals surface area contributed by atoms with Crippen LogP contribution in [0.1, 0.15) is 19.8 Å². The third-order valence-corrected chi connectivity index (χ3v) is 3.68. The van der Waals surface area contributed by atoms with Crippen LogP contribution in [0.5, 0.6) is 0 Å². The van der Waals surface area contributed by atoms with Crippen molar-refractivity contribution >= 4 is 12.0 Å². The average Bonchev–Trinajstić information content (AvgIpc) is 2.40. The molecule has 0 saturated carbocycles. The number of carbonyl (C=O) groups excluding carboxylic acids is 1. The number of carbonyl (C=O) groups is 2. The molecule has 2 N–H and O–H groups in total. The Balaban J connectivity index is 1.64. The third kappa shape index (κ3) is 4.08. The van der Waals surface area contributed by atoms with Gasteiger partial charge in [-0.1, -0.05) is 0 Å². The minimum Gasteiger partial charge on any atom is -0.480 e. The van der Waals surface area contributed by atoms with Crippen molar-refractivity contribution in [2.24, 2.45) is 5.92 Å². The van der Waals surface area contributed by atoms with Gasteiger partial charge in [0.1, 0.15) is 12.2 Å². The Kier molecular flexibility index (Phi) is 4.82. The molecule has 1 atom stereocenters. The molecule has 2 aliphatic heterocycles. The first-order valence-electron chi connectivity index (χ1n) is 6.95. The molecule has 7 nitrogen and oxygen atoms in total. The fourth-order valence-electron chi connectivity index (χ4n) is 2.54. The van der Waals surface area contributed by atoms with Crippen molar-refractivity contribution in [1.82, 2.24) is 10.2 Å². The molecule has 2 heterocycles. The van der Waals surface area contributed by atoms with E-state index < -0.39 is 11.6 Å². The Hall–Kier alpha value is -1.34. The molecule has 1 unspecified atom stereocenters. The van der Waals surface area contributed by atoms with E-state index in [2.05, 4.69) is 5.32 Å². The van der Waals surface area contributed by atoms with Gasteiger partial charge >= 0.3 is 12.0 Å². The maximum Gasteiger partial charge on any atom is 0.329 e. The van der Waals surface area contributed by atoms with Crippen LogP contribution in [0.25, 0.3) is 0 Å². The molecule has 0 aromatic rings. The predicted octanol–water partition coefficient (Wildman–Crippen LogP) is 0.298. The van der Waals surface area contributed by atoms with Crippen LogP contribution in [0.3, 0.4) is 0 Å². The molecular weight excluding hydrogens is 264 g/mol. The number of hydrogen-bond donors (Lipinski definition) is 2. The molecule has 0 radical (unpaired) electrons. The lowest BCUT2D eigenvalue weighted by molar-refractivity contribution is -0.159. The molecule has 0 aromatic carbocycles. The average molecular weight is 286 g/mol. The monoisotopic (exact) mass is 286 g/mol. The molecule has 7 heteroatoms.